The van der Waals surface area contributed by atoms with E-state index in [1.165, 1.54) is 0 Å². The van der Waals surface area contributed by atoms with Gasteiger partial charge in [-0.25, -0.2) is 27.3 Å². The van der Waals surface area contributed by atoms with Crippen molar-refractivity contribution < 1.29 is 22.3 Å². The van der Waals surface area contributed by atoms with Crippen molar-refractivity contribution >= 4 is 26.0 Å². The lowest BCUT2D eigenvalue weighted by Gasteiger charge is -2.06. The summed E-state index contributed by atoms with van der Waals surface area (Å²) in [6, 6.07) is 0.844. The molecule has 0 atom stereocenters. The van der Waals surface area contributed by atoms with Crippen molar-refractivity contribution in [2.75, 3.05) is 0 Å². The van der Waals surface area contributed by atoms with Crippen LogP contribution in [0.1, 0.15) is 12.1 Å². The van der Waals surface area contributed by atoms with Crippen LogP contribution in [0.2, 0.25) is 0 Å². The van der Waals surface area contributed by atoms with E-state index in [9.17, 15) is 17.2 Å². The van der Waals surface area contributed by atoms with Crippen molar-refractivity contribution in [2.24, 2.45) is 5.14 Å². The fourth-order valence-electron chi connectivity index (χ4n) is 0.801. The van der Waals surface area contributed by atoms with Crippen molar-refractivity contribution in [3.05, 3.63) is 16.2 Å². The summed E-state index contributed by atoms with van der Waals surface area (Å²) in [4.78, 5) is 3.06. The van der Waals surface area contributed by atoms with Crippen LogP contribution in [-0.4, -0.2) is 18.5 Å². The monoisotopic (exact) mass is 302 g/mol. The molecule has 0 radical (unpaired) electrons. The second-order valence-electron chi connectivity index (χ2n) is 2.52. The lowest BCUT2D eigenvalue weighted by Crippen LogP contribution is -2.15. The Bertz CT molecular complexity index is 491. The second kappa shape index (κ2) is 3.99. The second-order valence-corrected chi connectivity index (χ2v) is 4.88. The average molecular weight is 303 g/mol. The number of alkyl halides is 2. The topological polar surface area (TPSA) is 93.3 Å². The minimum Gasteiger partial charge on any atom is -0.505 e. The minimum absolute atomic E-state index is 0.211. The number of primary sulfonamides is 1. The molecular weight excluding hydrogens is 298 g/mol. The van der Waals surface area contributed by atoms with Gasteiger partial charge in [-0.05, 0) is 22.0 Å². The number of aromatic hydroxyl groups is 1. The number of aromatic nitrogens is 1. The molecular formula is C6H5BrF2N2O3S. The summed E-state index contributed by atoms with van der Waals surface area (Å²) in [5.74, 6) is -0.808. The third-order valence-corrected chi connectivity index (χ3v) is 2.84. The smallest absolute Gasteiger partial charge is 0.284 e. The van der Waals surface area contributed by atoms with E-state index < -0.39 is 32.9 Å². The van der Waals surface area contributed by atoms with Crippen molar-refractivity contribution in [2.45, 2.75) is 11.5 Å². The first-order valence-electron chi connectivity index (χ1n) is 3.44. The molecule has 1 rings (SSSR count). The van der Waals surface area contributed by atoms with Gasteiger partial charge in [0.05, 0.1) is 4.47 Å². The van der Waals surface area contributed by atoms with Crippen LogP contribution in [-0.2, 0) is 10.0 Å². The molecule has 0 aromatic carbocycles. The predicted molar refractivity (Wildman–Crippen MR) is 49.9 cm³/mol. The first-order chi connectivity index (χ1) is 6.73. The summed E-state index contributed by atoms with van der Waals surface area (Å²) < 4.78 is 46.1. The van der Waals surface area contributed by atoms with Gasteiger partial charge >= 0.3 is 0 Å². The molecule has 9 heteroatoms. The number of nitrogens with zero attached hydrogens (tertiary/aromatic N) is 1. The highest BCUT2D eigenvalue weighted by molar-refractivity contribution is 9.10. The van der Waals surface area contributed by atoms with E-state index in [0.29, 0.717) is 0 Å². The summed E-state index contributed by atoms with van der Waals surface area (Å²) in [5, 5.41) is 13.1. The van der Waals surface area contributed by atoms with E-state index in [2.05, 4.69) is 20.9 Å². The summed E-state index contributed by atoms with van der Waals surface area (Å²) in [6.07, 6.45) is -3.09. The lowest BCUT2D eigenvalue weighted by molar-refractivity contribution is 0.141. The van der Waals surface area contributed by atoms with E-state index in [0.717, 1.165) is 6.07 Å². The molecule has 0 aliphatic rings. The predicted octanol–water partition coefficient (Wildman–Crippen LogP) is 1.13. The van der Waals surface area contributed by atoms with Gasteiger partial charge in [0.2, 0.25) is 0 Å². The molecule has 0 amide bonds. The quantitative estimate of drug-likeness (QED) is 0.856. The number of pyridine rings is 1. The van der Waals surface area contributed by atoms with Gasteiger partial charge in [-0.3, -0.25) is 0 Å². The van der Waals surface area contributed by atoms with Crippen LogP contribution in [0.5, 0.6) is 5.75 Å². The van der Waals surface area contributed by atoms with Crippen LogP contribution < -0.4 is 5.14 Å². The number of sulfonamides is 1. The zero-order chi connectivity index (χ0) is 11.8. The third-order valence-electron chi connectivity index (χ3n) is 1.45. The molecule has 1 aromatic heterocycles. The van der Waals surface area contributed by atoms with E-state index >= 15 is 0 Å². The van der Waals surface area contributed by atoms with Gasteiger partial charge in [-0.1, -0.05) is 0 Å². The standard InChI is InChI=1S/C6H5BrF2N2O3S/c7-2-1-3(15(10,13)14)11-4(5(2)12)6(8)9/h1,6,12H,(H2,10,13,14). The van der Waals surface area contributed by atoms with E-state index in [-0.39, 0.29) is 4.47 Å². The van der Waals surface area contributed by atoms with Gasteiger partial charge in [-0.2, -0.15) is 0 Å². The maximum absolute atomic E-state index is 12.3. The Hall–Kier alpha value is -0.800. The molecule has 5 nitrogen and oxygen atoms in total. The molecule has 0 fully saturated rings. The minimum atomic E-state index is -4.18. The van der Waals surface area contributed by atoms with Crippen LogP contribution in [0.15, 0.2) is 15.6 Å². The Labute approximate surface area is 92.1 Å². The molecule has 0 unspecified atom stereocenters. The van der Waals surface area contributed by atoms with Crippen LogP contribution >= 0.6 is 15.9 Å². The number of halogens is 3. The maximum Gasteiger partial charge on any atom is 0.284 e. The zero-order valence-electron chi connectivity index (χ0n) is 6.99. The average Bonchev–Trinajstić information content (AvgIpc) is 2.06. The fourth-order valence-corrected chi connectivity index (χ4v) is 1.88. The van der Waals surface area contributed by atoms with Gasteiger partial charge < -0.3 is 5.11 Å². The summed E-state index contributed by atoms with van der Waals surface area (Å²) in [6.45, 7) is 0. The highest BCUT2D eigenvalue weighted by Crippen LogP contribution is 2.34. The highest BCUT2D eigenvalue weighted by Gasteiger charge is 2.22. The molecule has 84 valence electrons. The van der Waals surface area contributed by atoms with Gasteiger partial charge in [-0.15, -0.1) is 0 Å². The van der Waals surface area contributed by atoms with Crippen LogP contribution in [0.3, 0.4) is 0 Å². The van der Waals surface area contributed by atoms with Crippen molar-refractivity contribution in [3.63, 3.8) is 0 Å². The number of rotatable bonds is 2. The Morgan fingerprint density at radius 3 is 2.47 bits per heavy atom. The normalized spacial score (nSPS) is 12.1. The molecule has 0 bridgehead atoms. The maximum atomic E-state index is 12.3. The fraction of sp³-hybridized carbons (Fsp3) is 0.167. The molecule has 15 heavy (non-hydrogen) atoms. The first kappa shape index (κ1) is 12.3. The number of hydrogen-bond donors (Lipinski definition) is 2. The highest BCUT2D eigenvalue weighted by atomic mass is 79.9. The first-order valence-corrected chi connectivity index (χ1v) is 5.77. The number of hydrogen-bond acceptors (Lipinski definition) is 4. The van der Waals surface area contributed by atoms with Crippen LogP contribution in [0.4, 0.5) is 8.78 Å². The largest absolute Gasteiger partial charge is 0.505 e. The van der Waals surface area contributed by atoms with Gasteiger partial charge in [0.25, 0.3) is 16.4 Å². The van der Waals surface area contributed by atoms with E-state index in [1.54, 1.807) is 0 Å². The summed E-state index contributed by atoms with van der Waals surface area (Å²) >= 11 is 2.71. The van der Waals surface area contributed by atoms with Crippen molar-refractivity contribution in [1.82, 2.24) is 4.98 Å². The van der Waals surface area contributed by atoms with E-state index in [1.807, 2.05) is 0 Å². The Kier molecular flexibility index (Phi) is 3.26. The molecule has 0 saturated heterocycles. The van der Waals surface area contributed by atoms with Gasteiger partial charge in [0.15, 0.2) is 16.5 Å². The SMILES string of the molecule is NS(=O)(=O)c1cc(Br)c(O)c(C(F)F)n1. The Morgan fingerprint density at radius 2 is 2.07 bits per heavy atom. The molecule has 3 N–H and O–H groups in total. The molecule has 0 aliphatic heterocycles. The summed E-state index contributed by atoms with van der Waals surface area (Å²) in [7, 11) is -4.18. The van der Waals surface area contributed by atoms with Crippen LogP contribution in [0, 0.1) is 0 Å². The van der Waals surface area contributed by atoms with Gasteiger partial charge in [0.1, 0.15) is 0 Å². The molecule has 0 saturated carbocycles. The number of nitrogens with two attached hydrogens (primary N) is 1. The third kappa shape index (κ3) is 2.61. The zero-order valence-corrected chi connectivity index (χ0v) is 9.39. The molecule has 1 heterocycles. The van der Waals surface area contributed by atoms with Crippen LogP contribution in [0.25, 0.3) is 0 Å². The molecule has 1 aromatic rings. The molecule has 0 aliphatic carbocycles. The van der Waals surface area contributed by atoms with Crippen molar-refractivity contribution in [1.29, 1.82) is 0 Å². The summed E-state index contributed by atoms with van der Waals surface area (Å²) in [5.41, 5.74) is -1.03. The Balaban J connectivity index is 3.50. The molecule has 0 spiro atoms. The van der Waals surface area contributed by atoms with E-state index in [4.69, 9.17) is 10.2 Å². The van der Waals surface area contributed by atoms with Crippen molar-refractivity contribution in [3.8, 4) is 5.75 Å². The van der Waals surface area contributed by atoms with Gasteiger partial charge in [0, 0.05) is 0 Å². The Morgan fingerprint density at radius 1 is 1.53 bits per heavy atom. The lowest BCUT2D eigenvalue weighted by atomic mass is 10.3.